The summed E-state index contributed by atoms with van der Waals surface area (Å²) in [6, 6.07) is 0. The first kappa shape index (κ1) is 15.6. The van der Waals surface area contributed by atoms with Crippen molar-refractivity contribution in [3.05, 3.63) is 0 Å². The summed E-state index contributed by atoms with van der Waals surface area (Å²) in [5, 5.41) is 0. The Labute approximate surface area is 98.9 Å². The van der Waals surface area contributed by atoms with Gasteiger partial charge in [0.1, 0.15) is 0 Å². The van der Waals surface area contributed by atoms with Crippen LogP contribution in [0.15, 0.2) is 4.36 Å². The van der Waals surface area contributed by atoms with E-state index in [-0.39, 0.29) is 5.91 Å². The molecule has 0 saturated heterocycles. The van der Waals surface area contributed by atoms with Gasteiger partial charge in [-0.1, -0.05) is 0 Å². The third-order valence-electron chi connectivity index (χ3n) is 2.30. The molecule has 0 aliphatic rings. The number of nitrogens with zero attached hydrogens (tertiary/aromatic N) is 1. The monoisotopic (exact) mass is 249 g/mol. The van der Waals surface area contributed by atoms with Crippen LogP contribution in [0.5, 0.6) is 0 Å². The minimum atomic E-state index is -2.46. The van der Waals surface area contributed by atoms with Crippen molar-refractivity contribution in [3.63, 3.8) is 0 Å². The van der Waals surface area contributed by atoms with Crippen LogP contribution < -0.4 is 0 Å². The molecule has 1 atom stereocenters. The molecule has 96 valence electrons. The second kappa shape index (κ2) is 6.35. The molecule has 1 unspecified atom stereocenters. The average Bonchev–Trinajstić information content (AvgIpc) is 2.10. The van der Waals surface area contributed by atoms with Gasteiger partial charge in [0, 0.05) is 30.6 Å². The zero-order valence-electron chi connectivity index (χ0n) is 10.9. The van der Waals surface area contributed by atoms with Crippen LogP contribution in [0.4, 0.5) is 0 Å². The Morgan fingerprint density at radius 3 is 2.38 bits per heavy atom. The first-order valence-corrected chi connectivity index (χ1v) is 7.45. The highest BCUT2D eigenvalue weighted by Gasteiger charge is 2.23. The molecular formula is C11H23NO3S. The average molecular weight is 249 g/mol. The molecule has 4 nitrogen and oxygen atoms in total. The zero-order valence-corrected chi connectivity index (χ0v) is 11.7. The Bertz CT molecular complexity index is 336. The summed E-state index contributed by atoms with van der Waals surface area (Å²) in [7, 11) is -2.46. The van der Waals surface area contributed by atoms with E-state index < -0.39 is 14.5 Å². The van der Waals surface area contributed by atoms with E-state index in [1.807, 2.05) is 27.7 Å². The lowest BCUT2D eigenvalue weighted by Gasteiger charge is -2.19. The van der Waals surface area contributed by atoms with Gasteiger partial charge >= 0.3 is 0 Å². The third-order valence-corrected chi connectivity index (χ3v) is 5.12. The van der Waals surface area contributed by atoms with Crippen LogP contribution in [0, 0.1) is 0 Å². The number of carbonyl (C=O) groups is 1. The number of amides is 1. The quantitative estimate of drug-likeness (QED) is 0.702. The van der Waals surface area contributed by atoms with Crippen molar-refractivity contribution >= 4 is 15.6 Å². The van der Waals surface area contributed by atoms with E-state index in [0.717, 1.165) is 0 Å². The Morgan fingerprint density at radius 2 is 1.94 bits per heavy atom. The van der Waals surface area contributed by atoms with Gasteiger partial charge in [0.15, 0.2) is 0 Å². The fraction of sp³-hybridized carbons (Fsp3) is 0.909. The molecule has 0 heterocycles. The molecule has 0 radical (unpaired) electrons. The number of hydrogen-bond acceptors (Lipinski definition) is 3. The molecule has 0 saturated carbocycles. The number of ether oxygens (including phenoxy) is 1. The molecular weight excluding hydrogens is 226 g/mol. The van der Waals surface area contributed by atoms with Gasteiger partial charge in [0.05, 0.1) is 9.73 Å². The van der Waals surface area contributed by atoms with Gasteiger partial charge in [-0.3, -0.25) is 4.79 Å². The molecule has 0 rings (SSSR count). The first-order chi connectivity index (χ1) is 7.20. The van der Waals surface area contributed by atoms with Crippen molar-refractivity contribution in [1.82, 2.24) is 0 Å². The standard InChI is InChI=1S/C11H23NO3S/c1-6-15-9-7-8-10(13)12-16(5,14)11(2,3)4/h6-9H2,1-5H3. The van der Waals surface area contributed by atoms with E-state index in [1.165, 1.54) is 6.26 Å². The van der Waals surface area contributed by atoms with E-state index >= 15 is 0 Å². The largest absolute Gasteiger partial charge is 0.382 e. The second-order valence-electron chi connectivity index (χ2n) is 4.70. The maximum absolute atomic E-state index is 12.1. The van der Waals surface area contributed by atoms with Crippen LogP contribution in [0.1, 0.15) is 40.5 Å². The number of rotatable bonds is 5. The zero-order chi connectivity index (χ0) is 12.8. The molecule has 0 bridgehead atoms. The molecule has 0 spiro atoms. The van der Waals surface area contributed by atoms with Crippen LogP contribution in [0.2, 0.25) is 0 Å². The Hall–Kier alpha value is -0.420. The highest BCUT2D eigenvalue weighted by Crippen LogP contribution is 2.16. The van der Waals surface area contributed by atoms with E-state index in [9.17, 15) is 9.00 Å². The summed E-state index contributed by atoms with van der Waals surface area (Å²) >= 11 is 0. The number of hydrogen-bond donors (Lipinski definition) is 0. The Balaban J connectivity index is 4.33. The molecule has 1 amide bonds. The predicted molar refractivity (Wildman–Crippen MR) is 67.0 cm³/mol. The van der Waals surface area contributed by atoms with Gasteiger partial charge in [-0.15, -0.1) is 0 Å². The lowest BCUT2D eigenvalue weighted by molar-refractivity contribution is -0.117. The third kappa shape index (κ3) is 5.61. The molecule has 0 aromatic heterocycles. The van der Waals surface area contributed by atoms with Crippen molar-refractivity contribution in [2.75, 3.05) is 19.5 Å². The molecule has 5 heteroatoms. The molecule has 16 heavy (non-hydrogen) atoms. The van der Waals surface area contributed by atoms with Gasteiger partial charge in [0.2, 0.25) is 0 Å². The normalized spacial score (nSPS) is 15.6. The van der Waals surface area contributed by atoms with Gasteiger partial charge in [-0.2, -0.15) is 4.36 Å². The van der Waals surface area contributed by atoms with Crippen LogP contribution in [0.3, 0.4) is 0 Å². The lowest BCUT2D eigenvalue weighted by atomic mass is 10.3. The lowest BCUT2D eigenvalue weighted by Crippen LogP contribution is -2.27. The number of carbonyl (C=O) groups excluding carboxylic acids is 1. The fourth-order valence-corrected chi connectivity index (χ4v) is 1.60. The van der Waals surface area contributed by atoms with Crippen LogP contribution in [-0.2, 0) is 19.3 Å². The summed E-state index contributed by atoms with van der Waals surface area (Å²) in [6.45, 7) is 8.59. The molecule has 0 N–H and O–H groups in total. The minimum absolute atomic E-state index is 0.290. The van der Waals surface area contributed by atoms with Crippen LogP contribution in [-0.4, -0.2) is 34.3 Å². The summed E-state index contributed by atoms with van der Waals surface area (Å²) in [5.41, 5.74) is 0. The van der Waals surface area contributed by atoms with Crippen molar-refractivity contribution in [2.24, 2.45) is 4.36 Å². The van der Waals surface area contributed by atoms with Crippen molar-refractivity contribution < 1.29 is 13.7 Å². The highest BCUT2D eigenvalue weighted by molar-refractivity contribution is 7.94. The molecule has 0 aromatic carbocycles. The van der Waals surface area contributed by atoms with E-state index in [0.29, 0.717) is 26.1 Å². The second-order valence-corrected chi connectivity index (χ2v) is 7.71. The van der Waals surface area contributed by atoms with E-state index in [1.54, 1.807) is 0 Å². The molecule has 0 aliphatic carbocycles. The van der Waals surface area contributed by atoms with Crippen molar-refractivity contribution in [1.29, 1.82) is 0 Å². The van der Waals surface area contributed by atoms with Crippen LogP contribution >= 0.6 is 0 Å². The summed E-state index contributed by atoms with van der Waals surface area (Å²) in [5.74, 6) is -0.290. The van der Waals surface area contributed by atoms with E-state index in [4.69, 9.17) is 4.74 Å². The highest BCUT2D eigenvalue weighted by atomic mass is 32.2. The first-order valence-electron chi connectivity index (χ1n) is 5.53. The SMILES string of the molecule is CCOCCCC(=O)N=S(C)(=O)C(C)(C)C. The Kier molecular flexibility index (Phi) is 6.18. The van der Waals surface area contributed by atoms with Gasteiger partial charge in [0.25, 0.3) is 5.91 Å². The summed E-state index contributed by atoms with van der Waals surface area (Å²) in [6.07, 6.45) is 2.48. The Morgan fingerprint density at radius 1 is 1.38 bits per heavy atom. The molecule has 0 aromatic rings. The molecule has 0 aliphatic heterocycles. The summed E-state index contributed by atoms with van der Waals surface area (Å²) in [4.78, 5) is 11.5. The minimum Gasteiger partial charge on any atom is -0.382 e. The maximum atomic E-state index is 12.1. The molecule has 0 fully saturated rings. The smallest absolute Gasteiger partial charge is 0.253 e. The van der Waals surface area contributed by atoms with Gasteiger partial charge in [-0.25, -0.2) is 4.21 Å². The summed E-state index contributed by atoms with van der Waals surface area (Å²) < 4.78 is 20.5. The van der Waals surface area contributed by atoms with Crippen molar-refractivity contribution in [3.8, 4) is 0 Å². The van der Waals surface area contributed by atoms with Gasteiger partial charge < -0.3 is 4.74 Å². The van der Waals surface area contributed by atoms with Crippen LogP contribution in [0.25, 0.3) is 0 Å². The predicted octanol–water partition coefficient (Wildman–Crippen LogP) is 2.23. The maximum Gasteiger partial charge on any atom is 0.253 e. The van der Waals surface area contributed by atoms with Gasteiger partial charge in [-0.05, 0) is 34.1 Å². The van der Waals surface area contributed by atoms with Crippen molar-refractivity contribution in [2.45, 2.75) is 45.3 Å². The topological polar surface area (TPSA) is 55.7 Å². The fourth-order valence-electron chi connectivity index (χ4n) is 0.847. The van der Waals surface area contributed by atoms with E-state index in [2.05, 4.69) is 4.36 Å².